The minimum Gasteiger partial charge on any atom is -0.339 e. The summed E-state index contributed by atoms with van der Waals surface area (Å²) < 4.78 is 0. The number of thioether (sulfide) groups is 2. The number of anilines is 2. The van der Waals surface area contributed by atoms with Gasteiger partial charge in [0.15, 0.2) is 5.16 Å². The van der Waals surface area contributed by atoms with Gasteiger partial charge in [0, 0.05) is 10.7 Å². The summed E-state index contributed by atoms with van der Waals surface area (Å²) in [6.45, 7) is 0. The first-order chi connectivity index (χ1) is 9.76. The van der Waals surface area contributed by atoms with Crippen LogP contribution < -0.4 is 5.32 Å². The number of nitrogens with zero attached hydrogens (tertiary/aromatic N) is 2. The maximum atomic E-state index is 5.92. The number of nitrogens with one attached hydrogen (secondary N) is 1. The lowest BCUT2D eigenvalue weighted by Crippen LogP contribution is -2.08. The van der Waals surface area contributed by atoms with E-state index in [9.17, 15) is 0 Å². The van der Waals surface area contributed by atoms with Gasteiger partial charge >= 0.3 is 0 Å². The molecule has 0 radical (unpaired) electrons. The first-order valence-electron chi connectivity index (χ1n) is 6.36. The van der Waals surface area contributed by atoms with Gasteiger partial charge in [0.2, 0.25) is 0 Å². The Morgan fingerprint density at radius 2 is 2.05 bits per heavy atom. The predicted octanol–water partition coefficient (Wildman–Crippen LogP) is 4.63. The van der Waals surface area contributed by atoms with E-state index in [2.05, 4.69) is 15.3 Å². The van der Waals surface area contributed by atoms with Gasteiger partial charge in [-0.1, -0.05) is 23.4 Å². The normalized spacial score (nSPS) is 13.9. The minimum absolute atomic E-state index is 0.736. The van der Waals surface area contributed by atoms with Crippen LogP contribution in [-0.4, -0.2) is 22.0 Å². The van der Waals surface area contributed by atoms with Crippen LogP contribution >= 0.6 is 35.1 Å². The van der Waals surface area contributed by atoms with E-state index in [0.717, 1.165) is 39.6 Å². The first-order valence-corrected chi connectivity index (χ1v) is 8.95. The molecule has 20 heavy (non-hydrogen) atoms. The second kappa shape index (κ2) is 6.24. The van der Waals surface area contributed by atoms with Crippen LogP contribution in [0.3, 0.4) is 0 Å². The predicted molar refractivity (Wildman–Crippen MR) is 87.6 cm³/mol. The van der Waals surface area contributed by atoms with Crippen LogP contribution in [0.25, 0.3) is 0 Å². The zero-order chi connectivity index (χ0) is 13.9. The Morgan fingerprint density at radius 3 is 2.80 bits per heavy atom. The van der Waals surface area contributed by atoms with Crippen molar-refractivity contribution in [2.75, 3.05) is 17.3 Å². The summed E-state index contributed by atoms with van der Waals surface area (Å²) in [6, 6.07) is 7.67. The van der Waals surface area contributed by atoms with Crippen molar-refractivity contribution in [2.24, 2.45) is 0 Å². The minimum atomic E-state index is 0.736. The Balaban J connectivity index is 1.96. The highest BCUT2D eigenvalue weighted by Gasteiger charge is 2.18. The van der Waals surface area contributed by atoms with E-state index in [-0.39, 0.29) is 0 Å². The van der Waals surface area contributed by atoms with E-state index in [1.54, 1.807) is 11.8 Å². The lowest BCUT2D eigenvalue weighted by atomic mass is 10.2. The highest BCUT2D eigenvalue weighted by atomic mass is 35.5. The van der Waals surface area contributed by atoms with Gasteiger partial charge in [-0.2, -0.15) is 0 Å². The summed E-state index contributed by atoms with van der Waals surface area (Å²) in [5.41, 5.74) is 2.16. The van der Waals surface area contributed by atoms with E-state index < -0.39 is 0 Å². The van der Waals surface area contributed by atoms with Crippen molar-refractivity contribution in [2.45, 2.75) is 22.9 Å². The number of aryl methyl sites for hydroxylation is 1. The van der Waals surface area contributed by atoms with Crippen molar-refractivity contribution in [1.82, 2.24) is 9.97 Å². The molecule has 2 aromatic rings. The zero-order valence-corrected chi connectivity index (χ0v) is 13.4. The van der Waals surface area contributed by atoms with Crippen molar-refractivity contribution in [3.63, 3.8) is 0 Å². The molecule has 0 aliphatic carbocycles. The van der Waals surface area contributed by atoms with Crippen molar-refractivity contribution in [3.8, 4) is 0 Å². The summed E-state index contributed by atoms with van der Waals surface area (Å²) in [4.78, 5) is 10.4. The van der Waals surface area contributed by atoms with Crippen LogP contribution in [0.5, 0.6) is 0 Å². The van der Waals surface area contributed by atoms with Crippen molar-refractivity contribution >= 4 is 46.6 Å². The molecule has 3 nitrogen and oxygen atoms in total. The number of halogens is 1. The third-order valence-corrected chi connectivity index (χ3v) is 5.02. The molecule has 0 bridgehead atoms. The first kappa shape index (κ1) is 14.0. The number of benzene rings is 1. The van der Waals surface area contributed by atoms with Crippen molar-refractivity contribution in [1.29, 1.82) is 0 Å². The second-order valence-corrected chi connectivity index (χ2v) is 6.73. The van der Waals surface area contributed by atoms with E-state index >= 15 is 0 Å². The van der Waals surface area contributed by atoms with E-state index in [1.807, 2.05) is 42.3 Å². The van der Waals surface area contributed by atoms with Gasteiger partial charge in [-0.15, -0.1) is 11.8 Å². The monoisotopic (exact) mass is 323 g/mol. The standard InChI is InChI=1S/C14H14ClN3S2/c1-19-14-17-11-3-2-8-20-12(11)13(18-14)16-10-6-4-9(15)5-7-10/h4-7H,2-3,8H2,1H3,(H,16,17,18). The van der Waals surface area contributed by atoms with Crippen LogP contribution in [0.2, 0.25) is 5.02 Å². The number of fused-ring (bicyclic) bond motifs is 1. The Bertz CT molecular complexity index is 617. The number of rotatable bonds is 3. The molecule has 1 N–H and O–H groups in total. The molecule has 1 aromatic carbocycles. The van der Waals surface area contributed by atoms with Crippen LogP contribution in [0.4, 0.5) is 11.5 Å². The quantitative estimate of drug-likeness (QED) is 0.658. The fourth-order valence-electron chi connectivity index (χ4n) is 2.06. The molecule has 0 saturated carbocycles. The molecule has 0 unspecified atom stereocenters. The largest absolute Gasteiger partial charge is 0.339 e. The fourth-order valence-corrected chi connectivity index (χ4v) is 3.61. The van der Waals surface area contributed by atoms with E-state index in [1.165, 1.54) is 11.3 Å². The summed E-state index contributed by atoms with van der Waals surface area (Å²) in [7, 11) is 0. The van der Waals surface area contributed by atoms with Gasteiger partial charge in [-0.3, -0.25) is 0 Å². The van der Waals surface area contributed by atoms with Gasteiger partial charge in [0.25, 0.3) is 0 Å². The van der Waals surface area contributed by atoms with Crippen molar-refractivity contribution in [3.05, 3.63) is 35.0 Å². The van der Waals surface area contributed by atoms with Crippen LogP contribution in [0.15, 0.2) is 34.3 Å². The molecule has 3 rings (SSSR count). The Hall–Kier alpha value is -0.910. The number of hydrogen-bond acceptors (Lipinski definition) is 5. The molecule has 1 aromatic heterocycles. The van der Waals surface area contributed by atoms with Gasteiger partial charge in [0.1, 0.15) is 5.82 Å². The molecule has 1 aliphatic heterocycles. The lowest BCUT2D eigenvalue weighted by molar-refractivity contribution is 0.788. The van der Waals surface area contributed by atoms with Crippen LogP contribution in [-0.2, 0) is 6.42 Å². The second-order valence-electron chi connectivity index (χ2n) is 4.42. The van der Waals surface area contributed by atoms with Gasteiger partial charge < -0.3 is 5.32 Å². The smallest absolute Gasteiger partial charge is 0.189 e. The van der Waals surface area contributed by atoms with E-state index in [0.29, 0.717) is 0 Å². The molecule has 0 spiro atoms. The molecule has 1 aliphatic rings. The van der Waals surface area contributed by atoms with Gasteiger partial charge in [-0.25, -0.2) is 9.97 Å². The average molecular weight is 324 g/mol. The molecule has 0 amide bonds. The zero-order valence-electron chi connectivity index (χ0n) is 11.0. The molecule has 104 valence electrons. The number of hydrogen-bond donors (Lipinski definition) is 1. The molecule has 0 atom stereocenters. The highest BCUT2D eigenvalue weighted by molar-refractivity contribution is 7.99. The number of aromatic nitrogens is 2. The van der Waals surface area contributed by atoms with Gasteiger partial charge in [0.05, 0.1) is 10.6 Å². The average Bonchev–Trinajstić information content (AvgIpc) is 2.49. The van der Waals surface area contributed by atoms with Gasteiger partial charge in [-0.05, 0) is 49.1 Å². The van der Waals surface area contributed by atoms with Crippen LogP contribution in [0, 0.1) is 0 Å². The van der Waals surface area contributed by atoms with E-state index in [4.69, 9.17) is 11.6 Å². The topological polar surface area (TPSA) is 37.8 Å². The molecule has 0 fully saturated rings. The summed E-state index contributed by atoms with van der Waals surface area (Å²) >= 11 is 9.33. The summed E-state index contributed by atoms with van der Waals surface area (Å²) in [5.74, 6) is 2.04. The maximum Gasteiger partial charge on any atom is 0.189 e. The molecule has 0 saturated heterocycles. The lowest BCUT2D eigenvalue weighted by Gasteiger charge is -2.19. The van der Waals surface area contributed by atoms with Crippen LogP contribution in [0.1, 0.15) is 12.1 Å². The molecule has 6 heteroatoms. The Labute approximate surface area is 131 Å². The third kappa shape index (κ3) is 3.05. The maximum absolute atomic E-state index is 5.92. The van der Waals surface area contributed by atoms with Crippen molar-refractivity contribution < 1.29 is 0 Å². The molecular weight excluding hydrogens is 310 g/mol. The third-order valence-electron chi connectivity index (χ3n) is 3.01. The fraction of sp³-hybridized carbons (Fsp3) is 0.286. The summed E-state index contributed by atoms with van der Waals surface area (Å²) in [5, 5.41) is 4.95. The SMILES string of the molecule is CSc1nc2c(c(Nc3ccc(Cl)cc3)n1)SCCC2. The summed E-state index contributed by atoms with van der Waals surface area (Å²) in [6.07, 6.45) is 4.22. The Kier molecular flexibility index (Phi) is 4.38. The Morgan fingerprint density at radius 1 is 1.25 bits per heavy atom. The highest BCUT2D eigenvalue weighted by Crippen LogP contribution is 2.36. The molecule has 2 heterocycles. The molecular formula is C14H14ClN3S2.